The Kier molecular flexibility index (Phi) is 4.50. The van der Waals surface area contributed by atoms with Gasteiger partial charge in [0.1, 0.15) is 5.41 Å². The van der Waals surface area contributed by atoms with Crippen molar-refractivity contribution in [1.29, 1.82) is 5.26 Å². The molecule has 1 aliphatic rings. The maximum absolute atomic E-state index is 11.6. The van der Waals surface area contributed by atoms with Gasteiger partial charge in [-0.2, -0.15) is 5.26 Å². The average Bonchev–Trinajstić information content (AvgIpc) is 3.11. The Morgan fingerprint density at radius 2 is 1.94 bits per heavy atom. The summed E-state index contributed by atoms with van der Waals surface area (Å²) in [5.74, 6) is -0.190. The maximum Gasteiger partial charge on any atom is 0.240 e. The van der Waals surface area contributed by atoms with Crippen molar-refractivity contribution in [1.82, 2.24) is 10.2 Å². The monoisotopic (exact) mass is 237 g/mol. The van der Waals surface area contributed by atoms with E-state index in [2.05, 4.69) is 5.32 Å². The first-order valence-electron chi connectivity index (χ1n) is 6.07. The van der Waals surface area contributed by atoms with E-state index in [0.29, 0.717) is 38.9 Å². The van der Waals surface area contributed by atoms with Gasteiger partial charge in [0, 0.05) is 26.1 Å². The zero-order valence-corrected chi connectivity index (χ0v) is 10.5. The molecule has 5 nitrogen and oxygen atoms in total. The van der Waals surface area contributed by atoms with E-state index in [9.17, 15) is 9.59 Å². The third kappa shape index (κ3) is 3.19. The molecule has 1 N–H and O–H groups in total. The van der Waals surface area contributed by atoms with Gasteiger partial charge in [-0.05, 0) is 26.7 Å². The standard InChI is InChI=1S/C12H19N3O2/c1-3-15(4-2)10(16)5-8-14-11(17)12(9-13)6-7-12/h3-8H2,1-2H3,(H,14,17). The quantitative estimate of drug-likeness (QED) is 0.737. The number of nitrogens with zero attached hydrogens (tertiary/aromatic N) is 2. The summed E-state index contributed by atoms with van der Waals surface area (Å²) in [6.45, 7) is 5.54. The largest absolute Gasteiger partial charge is 0.354 e. The number of carbonyl (C=O) groups excluding carboxylic acids is 2. The van der Waals surface area contributed by atoms with Crippen LogP contribution in [0.2, 0.25) is 0 Å². The van der Waals surface area contributed by atoms with E-state index < -0.39 is 5.41 Å². The van der Waals surface area contributed by atoms with Crippen molar-refractivity contribution < 1.29 is 9.59 Å². The van der Waals surface area contributed by atoms with Crippen LogP contribution in [0.25, 0.3) is 0 Å². The number of rotatable bonds is 6. The predicted molar refractivity (Wildman–Crippen MR) is 62.8 cm³/mol. The van der Waals surface area contributed by atoms with Crippen molar-refractivity contribution in [3.63, 3.8) is 0 Å². The van der Waals surface area contributed by atoms with Crippen molar-refractivity contribution >= 4 is 11.8 Å². The molecule has 2 amide bonds. The minimum absolute atomic E-state index is 0.0390. The van der Waals surface area contributed by atoms with Gasteiger partial charge in [0.15, 0.2) is 0 Å². The molecule has 0 saturated heterocycles. The highest BCUT2D eigenvalue weighted by Gasteiger charge is 2.50. The molecule has 0 bridgehead atoms. The van der Waals surface area contributed by atoms with Gasteiger partial charge < -0.3 is 10.2 Å². The van der Waals surface area contributed by atoms with E-state index in [0.717, 1.165) is 0 Å². The number of amides is 2. The summed E-state index contributed by atoms with van der Waals surface area (Å²) in [5, 5.41) is 11.5. The summed E-state index contributed by atoms with van der Waals surface area (Å²) in [4.78, 5) is 24.9. The van der Waals surface area contributed by atoms with Crippen molar-refractivity contribution in [2.24, 2.45) is 5.41 Å². The second-order valence-corrected chi connectivity index (χ2v) is 4.27. The SMILES string of the molecule is CCN(CC)C(=O)CCNC(=O)C1(C#N)CC1. The zero-order valence-electron chi connectivity index (χ0n) is 10.5. The molecule has 0 aromatic heterocycles. The second kappa shape index (κ2) is 5.67. The average molecular weight is 237 g/mol. The van der Waals surface area contributed by atoms with Crippen LogP contribution < -0.4 is 5.32 Å². The molecule has 0 aromatic rings. The molecule has 0 unspecified atom stereocenters. The maximum atomic E-state index is 11.6. The highest BCUT2D eigenvalue weighted by molar-refractivity contribution is 5.88. The first kappa shape index (κ1) is 13.5. The lowest BCUT2D eigenvalue weighted by atomic mass is 10.1. The van der Waals surface area contributed by atoms with Gasteiger partial charge >= 0.3 is 0 Å². The van der Waals surface area contributed by atoms with Gasteiger partial charge in [0.2, 0.25) is 11.8 Å². The Morgan fingerprint density at radius 3 is 2.35 bits per heavy atom. The smallest absolute Gasteiger partial charge is 0.240 e. The molecule has 1 fully saturated rings. The van der Waals surface area contributed by atoms with Gasteiger partial charge in [0.25, 0.3) is 0 Å². The van der Waals surface area contributed by atoms with Crippen LogP contribution in [0, 0.1) is 16.7 Å². The molecular weight excluding hydrogens is 218 g/mol. The third-order valence-corrected chi connectivity index (χ3v) is 3.14. The van der Waals surface area contributed by atoms with Crippen LogP contribution >= 0.6 is 0 Å². The molecule has 0 heterocycles. The minimum Gasteiger partial charge on any atom is -0.354 e. The molecule has 94 valence electrons. The fraction of sp³-hybridized carbons (Fsp3) is 0.750. The van der Waals surface area contributed by atoms with Crippen molar-refractivity contribution in [3.8, 4) is 6.07 Å². The van der Waals surface area contributed by atoms with Crippen molar-refractivity contribution in [2.45, 2.75) is 33.1 Å². The van der Waals surface area contributed by atoms with E-state index in [-0.39, 0.29) is 11.8 Å². The normalized spacial score (nSPS) is 15.8. The number of hydrogen-bond acceptors (Lipinski definition) is 3. The summed E-state index contributed by atoms with van der Waals surface area (Å²) in [6, 6.07) is 2.03. The van der Waals surface area contributed by atoms with Gasteiger partial charge in [-0.3, -0.25) is 9.59 Å². The van der Waals surface area contributed by atoms with Crippen LogP contribution in [0.15, 0.2) is 0 Å². The van der Waals surface area contributed by atoms with Crippen LogP contribution in [0.3, 0.4) is 0 Å². The molecule has 0 atom stereocenters. The van der Waals surface area contributed by atoms with E-state index in [1.807, 2.05) is 19.9 Å². The van der Waals surface area contributed by atoms with Crippen molar-refractivity contribution in [2.75, 3.05) is 19.6 Å². The Morgan fingerprint density at radius 1 is 1.35 bits per heavy atom. The first-order valence-corrected chi connectivity index (χ1v) is 6.07. The predicted octanol–water partition coefficient (Wildman–Crippen LogP) is 0.665. The first-order chi connectivity index (χ1) is 8.09. The molecular formula is C12H19N3O2. The van der Waals surface area contributed by atoms with Crippen LogP contribution in [0.5, 0.6) is 0 Å². The van der Waals surface area contributed by atoms with E-state index in [4.69, 9.17) is 5.26 Å². The van der Waals surface area contributed by atoms with Gasteiger partial charge in [0.05, 0.1) is 6.07 Å². The lowest BCUT2D eigenvalue weighted by Crippen LogP contribution is -2.36. The molecule has 0 aromatic carbocycles. The van der Waals surface area contributed by atoms with Crippen LogP contribution in [0.4, 0.5) is 0 Å². The third-order valence-electron chi connectivity index (χ3n) is 3.14. The summed E-state index contributed by atoms with van der Waals surface area (Å²) in [5.41, 5.74) is -0.793. The summed E-state index contributed by atoms with van der Waals surface area (Å²) >= 11 is 0. The summed E-state index contributed by atoms with van der Waals surface area (Å²) < 4.78 is 0. The Hall–Kier alpha value is -1.57. The van der Waals surface area contributed by atoms with Gasteiger partial charge in [-0.25, -0.2) is 0 Å². The Labute approximate surface area is 102 Å². The zero-order chi connectivity index (χ0) is 12.9. The Balaban J connectivity index is 2.27. The lowest BCUT2D eigenvalue weighted by molar-refractivity contribution is -0.131. The van der Waals surface area contributed by atoms with Crippen LogP contribution in [0.1, 0.15) is 33.1 Å². The second-order valence-electron chi connectivity index (χ2n) is 4.27. The van der Waals surface area contributed by atoms with E-state index >= 15 is 0 Å². The molecule has 1 saturated carbocycles. The molecule has 0 aliphatic heterocycles. The molecule has 5 heteroatoms. The summed E-state index contributed by atoms with van der Waals surface area (Å²) in [6.07, 6.45) is 1.58. The molecule has 17 heavy (non-hydrogen) atoms. The number of nitrogens with one attached hydrogen (secondary N) is 1. The molecule has 1 aliphatic carbocycles. The fourth-order valence-corrected chi connectivity index (χ4v) is 1.70. The van der Waals surface area contributed by atoms with Gasteiger partial charge in [-0.15, -0.1) is 0 Å². The van der Waals surface area contributed by atoms with E-state index in [1.54, 1.807) is 4.90 Å². The van der Waals surface area contributed by atoms with Crippen molar-refractivity contribution in [3.05, 3.63) is 0 Å². The molecule has 1 rings (SSSR count). The van der Waals surface area contributed by atoms with Gasteiger partial charge in [-0.1, -0.05) is 0 Å². The van der Waals surface area contributed by atoms with Crippen LogP contribution in [-0.2, 0) is 9.59 Å². The Bertz CT molecular complexity index is 338. The summed E-state index contributed by atoms with van der Waals surface area (Å²) in [7, 11) is 0. The highest BCUT2D eigenvalue weighted by Crippen LogP contribution is 2.44. The number of nitriles is 1. The molecule has 0 spiro atoms. The van der Waals surface area contributed by atoms with E-state index in [1.165, 1.54) is 0 Å². The fourth-order valence-electron chi connectivity index (χ4n) is 1.70. The highest BCUT2D eigenvalue weighted by atomic mass is 16.2. The van der Waals surface area contributed by atoms with Crippen LogP contribution in [-0.4, -0.2) is 36.3 Å². The minimum atomic E-state index is -0.793. The number of carbonyl (C=O) groups is 2. The molecule has 0 radical (unpaired) electrons. The lowest BCUT2D eigenvalue weighted by Gasteiger charge is -2.18. The topological polar surface area (TPSA) is 73.2 Å². The number of hydrogen-bond donors (Lipinski definition) is 1.